The fourth-order valence-corrected chi connectivity index (χ4v) is 6.16. The van der Waals surface area contributed by atoms with Crippen molar-refractivity contribution in [3.63, 3.8) is 0 Å². The van der Waals surface area contributed by atoms with Crippen LogP contribution in [0.5, 0.6) is 0 Å². The van der Waals surface area contributed by atoms with E-state index in [1.165, 1.54) is 4.90 Å². The summed E-state index contributed by atoms with van der Waals surface area (Å²) in [5.41, 5.74) is 2.99. The van der Waals surface area contributed by atoms with Crippen molar-refractivity contribution in [3.8, 4) is 0 Å². The number of nitrogens with one attached hydrogen (secondary N) is 1. The lowest BCUT2D eigenvalue weighted by atomic mass is 9.77. The molecule has 7 heteroatoms. The van der Waals surface area contributed by atoms with Crippen molar-refractivity contribution in [2.45, 2.75) is 44.4 Å². The summed E-state index contributed by atoms with van der Waals surface area (Å²) in [5.74, 6) is 0.964. The summed E-state index contributed by atoms with van der Waals surface area (Å²) >= 11 is 0. The molecule has 1 N–H and O–H groups in total. The topological polar surface area (TPSA) is 86.4 Å². The molecule has 0 bridgehead atoms. The molecule has 2 unspecified atom stereocenters. The number of H-pyrrole nitrogens is 1. The lowest BCUT2D eigenvalue weighted by molar-refractivity contribution is -0.139. The van der Waals surface area contributed by atoms with Gasteiger partial charge in [0.05, 0.1) is 22.2 Å². The SMILES string of the molecule is O=C(C1CCCCC1CN1C(=O)c2ccccc2C1=O)N1CCC(c2nc3ccccc3[nH]2)CC1. The second-order valence-corrected chi connectivity index (χ2v) is 10.2. The van der Waals surface area contributed by atoms with E-state index in [0.29, 0.717) is 23.6 Å². The van der Waals surface area contributed by atoms with E-state index < -0.39 is 0 Å². The molecule has 2 fully saturated rings. The maximum atomic E-state index is 13.6. The van der Waals surface area contributed by atoms with Crippen molar-refractivity contribution in [2.24, 2.45) is 11.8 Å². The molecule has 2 atom stereocenters. The number of carbonyl (C=O) groups is 3. The Bertz CT molecular complexity index is 1220. The monoisotopic (exact) mass is 470 g/mol. The molecule has 0 radical (unpaired) electrons. The second kappa shape index (κ2) is 8.95. The number of fused-ring (bicyclic) bond motifs is 2. The number of nitrogens with zero attached hydrogens (tertiary/aromatic N) is 3. The van der Waals surface area contributed by atoms with Gasteiger partial charge < -0.3 is 9.88 Å². The van der Waals surface area contributed by atoms with Gasteiger partial charge in [0, 0.05) is 31.5 Å². The Labute approximate surface area is 204 Å². The second-order valence-electron chi connectivity index (χ2n) is 10.2. The van der Waals surface area contributed by atoms with Crippen LogP contribution in [0.25, 0.3) is 11.0 Å². The molecular weight excluding hydrogens is 440 g/mol. The number of piperidine rings is 1. The number of aromatic amines is 1. The van der Waals surface area contributed by atoms with Crippen molar-refractivity contribution in [3.05, 3.63) is 65.5 Å². The van der Waals surface area contributed by atoms with Crippen LogP contribution in [-0.2, 0) is 4.79 Å². The van der Waals surface area contributed by atoms with E-state index in [1.54, 1.807) is 24.3 Å². The maximum absolute atomic E-state index is 13.6. The van der Waals surface area contributed by atoms with Gasteiger partial charge in [0.25, 0.3) is 11.8 Å². The number of aromatic nitrogens is 2. The number of hydrogen-bond acceptors (Lipinski definition) is 4. The molecule has 1 aliphatic carbocycles. The Morgan fingerprint density at radius 1 is 0.886 bits per heavy atom. The minimum absolute atomic E-state index is 0.0200. The summed E-state index contributed by atoms with van der Waals surface area (Å²) in [6, 6.07) is 15.1. The number of amides is 3. The van der Waals surface area contributed by atoms with E-state index >= 15 is 0 Å². The number of benzene rings is 2. The van der Waals surface area contributed by atoms with Crippen molar-refractivity contribution in [1.82, 2.24) is 19.8 Å². The van der Waals surface area contributed by atoms with E-state index in [1.807, 2.05) is 29.2 Å². The van der Waals surface area contributed by atoms with E-state index in [9.17, 15) is 14.4 Å². The zero-order valence-electron chi connectivity index (χ0n) is 19.8. The zero-order chi connectivity index (χ0) is 23.9. The number of imide groups is 1. The summed E-state index contributed by atoms with van der Waals surface area (Å²) in [7, 11) is 0. The quantitative estimate of drug-likeness (QED) is 0.574. The zero-order valence-corrected chi connectivity index (χ0v) is 19.8. The molecule has 3 amide bonds. The predicted molar refractivity (Wildman–Crippen MR) is 132 cm³/mol. The van der Waals surface area contributed by atoms with Gasteiger partial charge in [-0.1, -0.05) is 37.1 Å². The fourth-order valence-electron chi connectivity index (χ4n) is 6.16. The van der Waals surface area contributed by atoms with E-state index in [0.717, 1.165) is 68.5 Å². The molecule has 1 saturated carbocycles. The van der Waals surface area contributed by atoms with E-state index in [2.05, 4.69) is 4.98 Å². The Balaban J connectivity index is 1.12. The first-order chi connectivity index (χ1) is 17.1. The first-order valence-electron chi connectivity index (χ1n) is 12.8. The molecule has 2 aromatic carbocycles. The van der Waals surface area contributed by atoms with Gasteiger partial charge >= 0.3 is 0 Å². The third kappa shape index (κ3) is 3.93. The first-order valence-corrected chi connectivity index (χ1v) is 12.8. The molecule has 3 aliphatic rings. The molecule has 2 aliphatic heterocycles. The minimum Gasteiger partial charge on any atom is -0.342 e. The number of likely N-dealkylation sites (tertiary alicyclic amines) is 1. The lowest BCUT2D eigenvalue weighted by Gasteiger charge is -2.38. The molecule has 35 heavy (non-hydrogen) atoms. The highest BCUT2D eigenvalue weighted by Crippen LogP contribution is 2.36. The van der Waals surface area contributed by atoms with Crippen LogP contribution < -0.4 is 0 Å². The summed E-state index contributed by atoms with van der Waals surface area (Å²) in [6.45, 7) is 1.77. The molecule has 3 aromatic rings. The van der Waals surface area contributed by atoms with Gasteiger partial charge in [-0.05, 0) is 55.9 Å². The fraction of sp³-hybridized carbons (Fsp3) is 0.429. The highest BCUT2D eigenvalue weighted by Gasteiger charge is 2.41. The summed E-state index contributed by atoms with van der Waals surface area (Å²) in [6.07, 6.45) is 5.54. The van der Waals surface area contributed by atoms with Crippen molar-refractivity contribution in [2.75, 3.05) is 19.6 Å². The molecule has 1 aromatic heterocycles. The maximum Gasteiger partial charge on any atom is 0.261 e. The van der Waals surface area contributed by atoms with Crippen LogP contribution in [0.2, 0.25) is 0 Å². The summed E-state index contributed by atoms with van der Waals surface area (Å²) in [5, 5.41) is 0. The van der Waals surface area contributed by atoms with Gasteiger partial charge in [-0.2, -0.15) is 0 Å². The average molecular weight is 471 g/mol. The predicted octanol–water partition coefficient (Wildman–Crippen LogP) is 4.37. The molecule has 3 heterocycles. The third-order valence-corrected chi connectivity index (χ3v) is 8.12. The van der Waals surface area contributed by atoms with E-state index in [4.69, 9.17) is 4.98 Å². The smallest absolute Gasteiger partial charge is 0.261 e. The van der Waals surface area contributed by atoms with Gasteiger partial charge in [-0.25, -0.2) is 4.98 Å². The van der Waals surface area contributed by atoms with Crippen LogP contribution in [0.15, 0.2) is 48.5 Å². The van der Waals surface area contributed by atoms with Crippen LogP contribution in [0.3, 0.4) is 0 Å². The molecular formula is C28H30N4O3. The number of para-hydroxylation sites is 2. The van der Waals surface area contributed by atoms with Crippen molar-refractivity contribution in [1.29, 1.82) is 0 Å². The van der Waals surface area contributed by atoms with Crippen molar-refractivity contribution < 1.29 is 14.4 Å². The molecule has 180 valence electrons. The number of hydrogen-bond donors (Lipinski definition) is 1. The van der Waals surface area contributed by atoms with Crippen LogP contribution in [0, 0.1) is 11.8 Å². The normalized spacial score (nSPS) is 23.2. The Kier molecular flexibility index (Phi) is 5.63. The van der Waals surface area contributed by atoms with Gasteiger partial charge in [-0.3, -0.25) is 19.3 Å². The van der Waals surface area contributed by atoms with Gasteiger partial charge in [0.2, 0.25) is 5.91 Å². The van der Waals surface area contributed by atoms with Crippen molar-refractivity contribution >= 4 is 28.8 Å². The van der Waals surface area contributed by atoms with Crippen LogP contribution in [0.4, 0.5) is 0 Å². The average Bonchev–Trinajstić information content (AvgIpc) is 3.44. The van der Waals surface area contributed by atoms with Gasteiger partial charge in [0.15, 0.2) is 0 Å². The lowest BCUT2D eigenvalue weighted by Crippen LogP contribution is -2.47. The number of rotatable bonds is 4. The third-order valence-electron chi connectivity index (χ3n) is 8.12. The Morgan fingerprint density at radius 3 is 2.26 bits per heavy atom. The first kappa shape index (κ1) is 22.0. The van der Waals surface area contributed by atoms with Crippen LogP contribution in [-0.4, -0.2) is 57.1 Å². The summed E-state index contributed by atoms with van der Waals surface area (Å²) < 4.78 is 0. The molecule has 0 spiro atoms. The Morgan fingerprint density at radius 2 is 1.54 bits per heavy atom. The molecule has 6 rings (SSSR count). The molecule has 7 nitrogen and oxygen atoms in total. The number of imidazole rings is 1. The van der Waals surface area contributed by atoms with E-state index in [-0.39, 0.29) is 29.6 Å². The highest BCUT2D eigenvalue weighted by atomic mass is 16.2. The number of carbonyl (C=O) groups excluding carboxylic acids is 3. The van der Waals surface area contributed by atoms with Crippen LogP contribution >= 0.6 is 0 Å². The van der Waals surface area contributed by atoms with Crippen LogP contribution in [0.1, 0.15) is 71.0 Å². The minimum atomic E-state index is -0.228. The largest absolute Gasteiger partial charge is 0.342 e. The van der Waals surface area contributed by atoms with Gasteiger partial charge in [-0.15, -0.1) is 0 Å². The standard InChI is InChI=1S/C28H30N4O3/c33-26(31-15-13-18(14-16-31)25-29-23-11-5-6-12-24(23)30-25)20-8-2-1-7-19(20)17-32-27(34)21-9-3-4-10-22(21)28(32)35/h3-6,9-12,18-20H,1-2,7-8,13-17H2,(H,29,30). The Hall–Kier alpha value is -3.48. The summed E-state index contributed by atoms with van der Waals surface area (Å²) in [4.78, 5) is 51.0. The van der Waals surface area contributed by atoms with Gasteiger partial charge in [0.1, 0.15) is 5.82 Å². The molecule has 1 saturated heterocycles. The highest BCUT2D eigenvalue weighted by molar-refractivity contribution is 6.21.